The Morgan fingerprint density at radius 2 is 2.28 bits per heavy atom. The van der Waals surface area contributed by atoms with Gasteiger partial charge in [-0.1, -0.05) is 6.07 Å². The van der Waals surface area contributed by atoms with Gasteiger partial charge in [-0.3, -0.25) is 4.79 Å². The molecule has 2 atom stereocenters. The Labute approximate surface area is 107 Å². The van der Waals surface area contributed by atoms with Gasteiger partial charge in [0.2, 0.25) is 0 Å². The van der Waals surface area contributed by atoms with Crippen molar-refractivity contribution in [2.45, 2.75) is 26.3 Å². The van der Waals surface area contributed by atoms with E-state index in [-0.39, 0.29) is 17.7 Å². The summed E-state index contributed by atoms with van der Waals surface area (Å²) in [5.74, 6) is 0.321. The molecule has 3 N–H and O–H groups in total. The lowest BCUT2D eigenvalue weighted by Crippen LogP contribution is -2.33. The van der Waals surface area contributed by atoms with Crippen molar-refractivity contribution in [3.63, 3.8) is 0 Å². The van der Waals surface area contributed by atoms with E-state index in [0.717, 1.165) is 18.5 Å². The Balaban J connectivity index is 2.13. The monoisotopic (exact) mass is 248 g/mol. The maximum Gasteiger partial charge on any atom is 0.257 e. The normalized spacial score (nSPS) is 21.1. The molecule has 18 heavy (non-hydrogen) atoms. The van der Waals surface area contributed by atoms with Crippen LogP contribution in [0, 0.1) is 12.8 Å². The van der Waals surface area contributed by atoms with Gasteiger partial charge < -0.3 is 15.7 Å². The summed E-state index contributed by atoms with van der Waals surface area (Å²) in [6.07, 6.45) is 0.941. The molecule has 0 radical (unpaired) electrons. The fourth-order valence-electron chi connectivity index (χ4n) is 2.39. The molecule has 1 aromatic carbocycles. The number of carbonyl (C=O) groups is 1. The van der Waals surface area contributed by atoms with Gasteiger partial charge in [0.25, 0.3) is 5.91 Å². The van der Waals surface area contributed by atoms with Crippen molar-refractivity contribution in [1.82, 2.24) is 4.90 Å². The summed E-state index contributed by atoms with van der Waals surface area (Å²) in [6.45, 7) is 5.26. The Morgan fingerprint density at radius 3 is 2.83 bits per heavy atom. The first-order valence-electron chi connectivity index (χ1n) is 6.33. The van der Waals surface area contributed by atoms with Crippen LogP contribution in [0.2, 0.25) is 0 Å². The quantitative estimate of drug-likeness (QED) is 0.833. The van der Waals surface area contributed by atoms with Crippen molar-refractivity contribution in [3.8, 4) is 5.75 Å². The van der Waals surface area contributed by atoms with Gasteiger partial charge in [-0.25, -0.2) is 0 Å². The maximum atomic E-state index is 12.3. The smallest absolute Gasteiger partial charge is 0.257 e. The highest BCUT2D eigenvalue weighted by atomic mass is 16.3. The topological polar surface area (TPSA) is 66.6 Å². The summed E-state index contributed by atoms with van der Waals surface area (Å²) in [6, 6.07) is 5.25. The van der Waals surface area contributed by atoms with Crippen LogP contribution in [0.25, 0.3) is 0 Å². The zero-order valence-electron chi connectivity index (χ0n) is 10.9. The molecule has 98 valence electrons. The molecular weight excluding hydrogens is 228 g/mol. The molecule has 1 amide bonds. The molecule has 1 fully saturated rings. The van der Waals surface area contributed by atoms with Crippen molar-refractivity contribution in [2.75, 3.05) is 13.1 Å². The number of likely N-dealkylation sites (tertiary alicyclic amines) is 1. The Kier molecular flexibility index (Phi) is 3.57. The largest absolute Gasteiger partial charge is 0.507 e. The number of hydrogen-bond acceptors (Lipinski definition) is 3. The Bertz CT molecular complexity index is 457. The van der Waals surface area contributed by atoms with Crippen molar-refractivity contribution < 1.29 is 9.90 Å². The minimum Gasteiger partial charge on any atom is -0.507 e. The predicted octanol–water partition coefficient (Wildman–Crippen LogP) is 1.51. The Morgan fingerprint density at radius 1 is 1.56 bits per heavy atom. The third-order valence-electron chi connectivity index (χ3n) is 3.64. The van der Waals surface area contributed by atoms with E-state index in [9.17, 15) is 9.90 Å². The number of rotatable bonds is 2. The molecule has 2 unspecified atom stereocenters. The molecule has 1 saturated heterocycles. The van der Waals surface area contributed by atoms with Gasteiger partial charge in [0.1, 0.15) is 5.75 Å². The number of nitrogens with zero attached hydrogens (tertiary/aromatic N) is 1. The van der Waals surface area contributed by atoms with E-state index in [1.807, 2.05) is 19.9 Å². The highest BCUT2D eigenvalue weighted by molar-refractivity contribution is 5.97. The van der Waals surface area contributed by atoms with E-state index in [1.165, 1.54) is 0 Å². The summed E-state index contributed by atoms with van der Waals surface area (Å²) in [5.41, 5.74) is 7.19. The molecule has 0 aliphatic carbocycles. The molecule has 1 aliphatic heterocycles. The molecule has 4 nitrogen and oxygen atoms in total. The first kappa shape index (κ1) is 12.9. The molecule has 4 heteroatoms. The lowest BCUT2D eigenvalue weighted by molar-refractivity contribution is 0.0783. The number of nitrogens with two attached hydrogens (primary N) is 1. The van der Waals surface area contributed by atoms with Crippen LogP contribution in [0.5, 0.6) is 5.75 Å². The molecule has 1 aromatic rings. The lowest BCUT2D eigenvalue weighted by atomic mass is 10.0. The van der Waals surface area contributed by atoms with Crippen LogP contribution in [0.4, 0.5) is 0 Å². The maximum absolute atomic E-state index is 12.3. The van der Waals surface area contributed by atoms with Crippen LogP contribution in [0.15, 0.2) is 18.2 Å². The molecular formula is C14H20N2O2. The number of aromatic hydroxyl groups is 1. The van der Waals surface area contributed by atoms with Crippen molar-refractivity contribution in [3.05, 3.63) is 29.3 Å². The second-order valence-electron chi connectivity index (χ2n) is 5.18. The molecule has 0 spiro atoms. The minimum absolute atomic E-state index is 0.0595. The number of carbonyl (C=O) groups excluding carboxylic acids is 1. The fraction of sp³-hybridized carbons (Fsp3) is 0.500. The van der Waals surface area contributed by atoms with Gasteiger partial charge in [0, 0.05) is 19.1 Å². The molecule has 1 heterocycles. The van der Waals surface area contributed by atoms with Crippen LogP contribution in [0.1, 0.15) is 29.3 Å². The standard InChI is InChI=1S/C14H20N2O2/c1-9-3-4-12(13(17)7-9)14(18)16-6-5-11(8-16)10(2)15/h3-4,7,10-11,17H,5-6,8,15H2,1-2H3. The second-order valence-corrected chi connectivity index (χ2v) is 5.18. The predicted molar refractivity (Wildman–Crippen MR) is 70.5 cm³/mol. The summed E-state index contributed by atoms with van der Waals surface area (Å²) in [5, 5.41) is 9.82. The number of aryl methyl sites for hydroxylation is 1. The van der Waals surface area contributed by atoms with E-state index in [2.05, 4.69) is 0 Å². The van der Waals surface area contributed by atoms with Crippen LogP contribution < -0.4 is 5.73 Å². The van der Waals surface area contributed by atoms with Crippen LogP contribution in [-0.2, 0) is 0 Å². The number of benzene rings is 1. The molecule has 0 saturated carbocycles. The van der Waals surface area contributed by atoms with Crippen LogP contribution >= 0.6 is 0 Å². The van der Waals surface area contributed by atoms with E-state index < -0.39 is 0 Å². The number of hydrogen-bond donors (Lipinski definition) is 2. The van der Waals surface area contributed by atoms with E-state index in [4.69, 9.17) is 5.73 Å². The summed E-state index contributed by atoms with van der Waals surface area (Å²) >= 11 is 0. The molecule has 0 bridgehead atoms. The lowest BCUT2D eigenvalue weighted by Gasteiger charge is -2.18. The zero-order valence-corrected chi connectivity index (χ0v) is 10.9. The zero-order chi connectivity index (χ0) is 13.3. The van der Waals surface area contributed by atoms with E-state index in [1.54, 1.807) is 17.0 Å². The first-order chi connectivity index (χ1) is 8.49. The SMILES string of the molecule is Cc1ccc(C(=O)N2CCC(C(C)N)C2)c(O)c1. The molecule has 2 rings (SSSR count). The first-order valence-corrected chi connectivity index (χ1v) is 6.33. The summed E-state index contributed by atoms with van der Waals surface area (Å²) in [7, 11) is 0. The van der Waals surface area contributed by atoms with Crippen LogP contribution in [-0.4, -0.2) is 35.0 Å². The highest BCUT2D eigenvalue weighted by Crippen LogP contribution is 2.25. The van der Waals surface area contributed by atoms with Crippen molar-refractivity contribution in [2.24, 2.45) is 11.7 Å². The average molecular weight is 248 g/mol. The van der Waals surface area contributed by atoms with Gasteiger partial charge in [0.15, 0.2) is 0 Å². The van der Waals surface area contributed by atoms with Gasteiger partial charge >= 0.3 is 0 Å². The summed E-state index contributed by atoms with van der Waals surface area (Å²) in [4.78, 5) is 14.0. The fourth-order valence-corrected chi connectivity index (χ4v) is 2.39. The molecule has 1 aliphatic rings. The summed E-state index contributed by atoms with van der Waals surface area (Å²) < 4.78 is 0. The van der Waals surface area contributed by atoms with Gasteiger partial charge in [-0.05, 0) is 43.9 Å². The van der Waals surface area contributed by atoms with Gasteiger partial charge in [-0.15, -0.1) is 0 Å². The highest BCUT2D eigenvalue weighted by Gasteiger charge is 2.29. The Hall–Kier alpha value is -1.55. The van der Waals surface area contributed by atoms with Crippen LogP contribution in [0.3, 0.4) is 0 Å². The van der Waals surface area contributed by atoms with Gasteiger partial charge in [0.05, 0.1) is 5.56 Å². The van der Waals surface area contributed by atoms with Crippen molar-refractivity contribution in [1.29, 1.82) is 0 Å². The third kappa shape index (κ3) is 2.48. The van der Waals surface area contributed by atoms with Gasteiger partial charge in [-0.2, -0.15) is 0 Å². The molecule has 0 aromatic heterocycles. The van der Waals surface area contributed by atoms with E-state index >= 15 is 0 Å². The van der Waals surface area contributed by atoms with Crippen molar-refractivity contribution >= 4 is 5.91 Å². The average Bonchev–Trinajstić information content (AvgIpc) is 2.77. The second kappa shape index (κ2) is 4.98. The number of phenolic OH excluding ortho intramolecular Hbond substituents is 1. The minimum atomic E-state index is -0.101. The number of phenols is 1. The third-order valence-corrected chi connectivity index (χ3v) is 3.64. The number of amides is 1. The van der Waals surface area contributed by atoms with E-state index in [0.29, 0.717) is 18.0 Å².